The van der Waals surface area contributed by atoms with Gasteiger partial charge in [-0.15, -0.1) is 0 Å². The zero-order valence-electron chi connectivity index (χ0n) is 15.1. The lowest BCUT2D eigenvalue weighted by molar-refractivity contribution is 0.240. The van der Waals surface area contributed by atoms with E-state index in [9.17, 15) is 4.79 Å². The summed E-state index contributed by atoms with van der Waals surface area (Å²) in [4.78, 5) is 26.7. The number of hydrogen-bond acceptors (Lipinski definition) is 4. The molecule has 1 aromatic carbocycles. The fraction of sp³-hybridized carbons (Fsp3) is 0.286. The number of aromatic amines is 1. The van der Waals surface area contributed by atoms with Crippen LogP contribution < -0.4 is 5.56 Å². The fourth-order valence-electron chi connectivity index (χ4n) is 3.52. The molecule has 1 aliphatic rings. The van der Waals surface area contributed by atoms with E-state index in [1.807, 2.05) is 18.2 Å². The molecule has 0 saturated heterocycles. The Morgan fingerprint density at radius 2 is 2.08 bits per heavy atom. The molecule has 1 aliphatic heterocycles. The largest absolute Gasteiger partial charge is 0.305 e. The first-order valence-electron chi connectivity index (χ1n) is 8.92. The van der Waals surface area contributed by atoms with Crippen LogP contribution in [0, 0.1) is 13.8 Å². The normalized spacial score (nSPS) is 14.2. The standard InChI is InChI=1S/C21H22N4O/c1-14-6-7-16(15(2)11-14)12-25-10-8-17-19(13-25)23-20(24-21(17)26)18-5-3-4-9-22-18/h3-7,9,11H,8,10,12-13H2,1-2H3,(H,23,24,26). The molecule has 0 bridgehead atoms. The van der Waals surface area contributed by atoms with Gasteiger partial charge in [-0.3, -0.25) is 14.7 Å². The second-order valence-electron chi connectivity index (χ2n) is 6.95. The van der Waals surface area contributed by atoms with Gasteiger partial charge in [-0.1, -0.05) is 29.8 Å². The van der Waals surface area contributed by atoms with E-state index in [0.717, 1.165) is 30.8 Å². The molecular weight excluding hydrogens is 324 g/mol. The van der Waals surface area contributed by atoms with Crippen LogP contribution in [0.1, 0.15) is 27.9 Å². The molecule has 3 aromatic rings. The van der Waals surface area contributed by atoms with Crippen LogP contribution in [0.25, 0.3) is 11.5 Å². The molecule has 1 N–H and O–H groups in total. The molecule has 132 valence electrons. The van der Waals surface area contributed by atoms with Crippen molar-refractivity contribution >= 4 is 0 Å². The lowest BCUT2D eigenvalue weighted by atomic mass is 10.0. The van der Waals surface area contributed by atoms with Crippen molar-refractivity contribution < 1.29 is 0 Å². The number of fused-ring (bicyclic) bond motifs is 1. The quantitative estimate of drug-likeness (QED) is 0.792. The molecule has 0 radical (unpaired) electrons. The molecule has 26 heavy (non-hydrogen) atoms. The minimum absolute atomic E-state index is 0.0400. The average Bonchev–Trinajstić information content (AvgIpc) is 2.64. The van der Waals surface area contributed by atoms with Crippen molar-refractivity contribution in [3.05, 3.63) is 80.9 Å². The Morgan fingerprint density at radius 1 is 1.19 bits per heavy atom. The van der Waals surface area contributed by atoms with E-state index in [4.69, 9.17) is 4.98 Å². The number of hydrogen-bond donors (Lipinski definition) is 1. The van der Waals surface area contributed by atoms with Gasteiger partial charge in [0.1, 0.15) is 5.69 Å². The van der Waals surface area contributed by atoms with Gasteiger partial charge in [0.15, 0.2) is 5.82 Å². The van der Waals surface area contributed by atoms with Crippen LogP contribution in [0.15, 0.2) is 47.4 Å². The van der Waals surface area contributed by atoms with Gasteiger partial charge in [0.2, 0.25) is 0 Å². The molecule has 4 rings (SSSR count). The zero-order valence-corrected chi connectivity index (χ0v) is 15.1. The molecule has 5 nitrogen and oxygen atoms in total. The summed E-state index contributed by atoms with van der Waals surface area (Å²) in [5.74, 6) is 0.544. The monoisotopic (exact) mass is 346 g/mol. The van der Waals surface area contributed by atoms with Crippen molar-refractivity contribution in [1.82, 2.24) is 19.9 Å². The van der Waals surface area contributed by atoms with E-state index >= 15 is 0 Å². The highest BCUT2D eigenvalue weighted by Crippen LogP contribution is 2.20. The predicted octanol–water partition coefficient (Wildman–Crippen LogP) is 3.01. The maximum Gasteiger partial charge on any atom is 0.254 e. The molecule has 0 saturated carbocycles. The van der Waals surface area contributed by atoms with Crippen LogP contribution in [0.3, 0.4) is 0 Å². The Morgan fingerprint density at radius 3 is 2.85 bits per heavy atom. The Kier molecular flexibility index (Phi) is 4.39. The van der Waals surface area contributed by atoms with Gasteiger partial charge in [0.25, 0.3) is 5.56 Å². The molecule has 2 aromatic heterocycles. The summed E-state index contributed by atoms with van der Waals surface area (Å²) in [6.45, 7) is 6.70. The van der Waals surface area contributed by atoms with E-state index in [-0.39, 0.29) is 5.56 Å². The number of H-pyrrole nitrogens is 1. The third-order valence-corrected chi connectivity index (χ3v) is 4.95. The van der Waals surface area contributed by atoms with Gasteiger partial charge in [-0.05, 0) is 43.5 Å². The number of aryl methyl sites for hydroxylation is 2. The van der Waals surface area contributed by atoms with Crippen LogP contribution in [0.5, 0.6) is 0 Å². The van der Waals surface area contributed by atoms with Crippen molar-refractivity contribution in [3.8, 4) is 11.5 Å². The summed E-state index contributed by atoms with van der Waals surface area (Å²) in [5.41, 5.74) is 6.24. The number of nitrogens with zero attached hydrogens (tertiary/aromatic N) is 3. The van der Waals surface area contributed by atoms with Crippen LogP contribution in [-0.2, 0) is 19.5 Å². The Bertz CT molecular complexity index is 995. The van der Waals surface area contributed by atoms with Gasteiger partial charge in [0.05, 0.1) is 5.69 Å². The highest BCUT2D eigenvalue weighted by Gasteiger charge is 2.22. The first-order valence-corrected chi connectivity index (χ1v) is 8.92. The molecule has 0 spiro atoms. The average molecular weight is 346 g/mol. The topological polar surface area (TPSA) is 61.9 Å². The van der Waals surface area contributed by atoms with Crippen LogP contribution in [0.4, 0.5) is 0 Å². The lowest BCUT2D eigenvalue weighted by Crippen LogP contribution is -2.35. The first kappa shape index (κ1) is 16.7. The minimum Gasteiger partial charge on any atom is -0.305 e. The summed E-state index contributed by atoms with van der Waals surface area (Å²) in [6, 6.07) is 12.2. The second kappa shape index (κ2) is 6.84. The van der Waals surface area contributed by atoms with Crippen LogP contribution in [-0.4, -0.2) is 26.4 Å². The van der Waals surface area contributed by atoms with Gasteiger partial charge in [0, 0.05) is 31.4 Å². The minimum atomic E-state index is -0.0400. The summed E-state index contributed by atoms with van der Waals surface area (Å²) in [7, 11) is 0. The SMILES string of the molecule is Cc1ccc(CN2CCc3c(nc(-c4ccccn4)[nH]c3=O)C2)c(C)c1. The van der Waals surface area contributed by atoms with Gasteiger partial charge in [-0.25, -0.2) is 4.98 Å². The molecule has 3 heterocycles. The maximum atomic E-state index is 12.5. The predicted molar refractivity (Wildman–Crippen MR) is 102 cm³/mol. The lowest BCUT2D eigenvalue weighted by Gasteiger charge is -2.28. The highest BCUT2D eigenvalue weighted by atomic mass is 16.1. The molecule has 0 atom stereocenters. The summed E-state index contributed by atoms with van der Waals surface area (Å²) < 4.78 is 0. The van der Waals surface area contributed by atoms with Gasteiger partial charge >= 0.3 is 0 Å². The molecule has 0 unspecified atom stereocenters. The van der Waals surface area contributed by atoms with Crippen molar-refractivity contribution in [1.29, 1.82) is 0 Å². The van der Waals surface area contributed by atoms with E-state index in [2.05, 4.69) is 46.9 Å². The maximum absolute atomic E-state index is 12.5. The number of nitrogens with one attached hydrogen (secondary N) is 1. The smallest absolute Gasteiger partial charge is 0.254 e. The molecule has 0 aliphatic carbocycles. The number of rotatable bonds is 3. The molecule has 5 heteroatoms. The van der Waals surface area contributed by atoms with Crippen molar-refractivity contribution in [2.24, 2.45) is 0 Å². The van der Waals surface area contributed by atoms with Crippen molar-refractivity contribution in [2.45, 2.75) is 33.4 Å². The summed E-state index contributed by atoms with van der Waals surface area (Å²) in [6.07, 6.45) is 2.44. The number of aromatic nitrogens is 3. The molecule has 0 amide bonds. The van der Waals surface area contributed by atoms with E-state index in [0.29, 0.717) is 18.1 Å². The first-order chi connectivity index (χ1) is 12.6. The summed E-state index contributed by atoms with van der Waals surface area (Å²) >= 11 is 0. The van der Waals surface area contributed by atoms with Gasteiger partial charge < -0.3 is 4.98 Å². The fourth-order valence-corrected chi connectivity index (χ4v) is 3.52. The Hall–Kier alpha value is -2.79. The second-order valence-corrected chi connectivity index (χ2v) is 6.95. The Labute approximate surface area is 152 Å². The Balaban J connectivity index is 1.61. The number of benzene rings is 1. The molecule has 0 fully saturated rings. The zero-order chi connectivity index (χ0) is 18.1. The van der Waals surface area contributed by atoms with Crippen molar-refractivity contribution in [2.75, 3.05) is 6.54 Å². The summed E-state index contributed by atoms with van der Waals surface area (Å²) in [5, 5.41) is 0. The third kappa shape index (κ3) is 3.30. The van der Waals surface area contributed by atoms with E-state index in [1.165, 1.54) is 16.7 Å². The third-order valence-electron chi connectivity index (χ3n) is 4.95. The van der Waals surface area contributed by atoms with Gasteiger partial charge in [-0.2, -0.15) is 0 Å². The molecular formula is C21H22N4O. The van der Waals surface area contributed by atoms with Crippen molar-refractivity contribution in [3.63, 3.8) is 0 Å². The van der Waals surface area contributed by atoms with Crippen LogP contribution in [0.2, 0.25) is 0 Å². The highest BCUT2D eigenvalue weighted by molar-refractivity contribution is 5.49. The van der Waals surface area contributed by atoms with Crippen LogP contribution >= 0.6 is 0 Å². The number of pyridine rings is 1. The van der Waals surface area contributed by atoms with E-state index < -0.39 is 0 Å². The van der Waals surface area contributed by atoms with E-state index in [1.54, 1.807) is 6.20 Å².